The van der Waals surface area contributed by atoms with Gasteiger partial charge in [0.2, 0.25) is 5.91 Å². The monoisotopic (exact) mass is 372 g/mol. The fourth-order valence-electron chi connectivity index (χ4n) is 4.11. The third-order valence-electron chi connectivity index (χ3n) is 5.99. The molecule has 2 amide bonds. The minimum Gasteiger partial charge on any atom is -0.493 e. The van der Waals surface area contributed by atoms with E-state index in [4.69, 9.17) is 9.47 Å². The third-order valence-corrected chi connectivity index (χ3v) is 5.99. The molecule has 0 saturated heterocycles. The van der Waals surface area contributed by atoms with Gasteiger partial charge in [0.25, 0.3) is 5.91 Å². The first-order chi connectivity index (χ1) is 13.1. The Kier molecular flexibility index (Phi) is 5.34. The van der Waals surface area contributed by atoms with Gasteiger partial charge in [-0.1, -0.05) is 0 Å². The van der Waals surface area contributed by atoms with Crippen LogP contribution in [0, 0.1) is 11.8 Å². The van der Waals surface area contributed by atoms with Crippen molar-refractivity contribution < 1.29 is 19.1 Å². The van der Waals surface area contributed by atoms with Crippen LogP contribution < -0.4 is 15.4 Å². The van der Waals surface area contributed by atoms with E-state index in [1.807, 2.05) is 12.1 Å². The number of fused-ring (bicyclic) bond motifs is 1. The molecule has 4 rings (SSSR count). The predicted octanol–water partition coefficient (Wildman–Crippen LogP) is 2.06. The lowest BCUT2D eigenvalue weighted by atomic mass is 9.83. The van der Waals surface area contributed by atoms with Gasteiger partial charge in [0.15, 0.2) is 0 Å². The molecule has 6 nitrogen and oxygen atoms in total. The summed E-state index contributed by atoms with van der Waals surface area (Å²) in [5.41, 5.74) is 1.71. The van der Waals surface area contributed by atoms with E-state index >= 15 is 0 Å². The maximum Gasteiger partial charge on any atom is 0.251 e. The molecular weight excluding hydrogens is 344 g/mol. The van der Waals surface area contributed by atoms with Crippen LogP contribution in [-0.4, -0.2) is 44.2 Å². The number of carbonyl (C=O) groups excluding carboxylic acids is 2. The van der Waals surface area contributed by atoms with Crippen molar-refractivity contribution in [2.75, 3.05) is 20.3 Å². The molecule has 0 spiro atoms. The van der Waals surface area contributed by atoms with Crippen molar-refractivity contribution in [2.45, 2.75) is 50.7 Å². The fourth-order valence-corrected chi connectivity index (χ4v) is 4.11. The number of methoxy groups -OCH3 is 1. The fraction of sp³-hybridized carbons (Fsp3) is 0.619. The number of benzene rings is 1. The molecule has 3 aliphatic rings. The molecule has 0 unspecified atom stereocenters. The second-order valence-corrected chi connectivity index (χ2v) is 7.97. The largest absolute Gasteiger partial charge is 0.493 e. The highest BCUT2D eigenvalue weighted by Crippen LogP contribution is 2.30. The first-order valence-electron chi connectivity index (χ1n) is 10.0. The summed E-state index contributed by atoms with van der Waals surface area (Å²) >= 11 is 0. The van der Waals surface area contributed by atoms with Crippen molar-refractivity contribution in [2.24, 2.45) is 11.8 Å². The van der Waals surface area contributed by atoms with E-state index in [9.17, 15) is 9.59 Å². The normalized spacial score (nSPS) is 26.8. The number of ether oxygens (including phenoxy) is 2. The van der Waals surface area contributed by atoms with Gasteiger partial charge in [0.05, 0.1) is 18.8 Å². The average Bonchev–Trinajstić information content (AvgIpc) is 3.40. The topological polar surface area (TPSA) is 76.7 Å². The molecule has 2 N–H and O–H groups in total. The molecule has 27 heavy (non-hydrogen) atoms. The summed E-state index contributed by atoms with van der Waals surface area (Å²) in [6.45, 7) is 1.46. The maximum absolute atomic E-state index is 12.8. The quantitative estimate of drug-likeness (QED) is 0.801. The Morgan fingerprint density at radius 2 is 2.07 bits per heavy atom. The number of nitrogens with one attached hydrogen (secondary N) is 2. The minimum absolute atomic E-state index is 0.0563. The van der Waals surface area contributed by atoms with E-state index in [1.165, 1.54) is 12.8 Å². The number of hydrogen-bond acceptors (Lipinski definition) is 4. The highest BCUT2D eigenvalue weighted by molar-refractivity contribution is 5.95. The van der Waals surface area contributed by atoms with E-state index in [-0.39, 0.29) is 29.9 Å². The van der Waals surface area contributed by atoms with Crippen molar-refractivity contribution in [3.63, 3.8) is 0 Å². The van der Waals surface area contributed by atoms with Crippen LogP contribution in [0.1, 0.15) is 48.0 Å². The smallest absolute Gasteiger partial charge is 0.251 e. The molecule has 2 fully saturated rings. The van der Waals surface area contributed by atoms with Gasteiger partial charge in [-0.15, -0.1) is 0 Å². The standard InChI is InChI=1S/C21H28N2O4/c1-26-19-7-5-16(20(24)22-12-13-2-3-13)11-17(19)23-21(25)15-4-6-18-14(10-15)8-9-27-18/h4,6,10,13,16-17,19H,2-3,5,7-9,11-12H2,1H3,(H,22,24)(H,23,25)/t16-,17+,19+/m0/s1. The molecule has 1 aromatic carbocycles. The maximum atomic E-state index is 12.8. The van der Waals surface area contributed by atoms with Crippen molar-refractivity contribution >= 4 is 11.8 Å². The summed E-state index contributed by atoms with van der Waals surface area (Å²) in [5.74, 6) is 1.48. The van der Waals surface area contributed by atoms with Crippen molar-refractivity contribution in [3.8, 4) is 5.75 Å². The molecule has 1 aromatic rings. The second-order valence-electron chi connectivity index (χ2n) is 7.97. The first-order valence-corrected chi connectivity index (χ1v) is 10.0. The van der Waals surface area contributed by atoms with Crippen molar-refractivity contribution in [1.29, 1.82) is 0 Å². The van der Waals surface area contributed by atoms with Gasteiger partial charge >= 0.3 is 0 Å². The zero-order chi connectivity index (χ0) is 18.8. The second kappa shape index (κ2) is 7.89. The van der Waals surface area contributed by atoms with E-state index in [0.717, 1.165) is 37.1 Å². The lowest BCUT2D eigenvalue weighted by Crippen LogP contribution is -2.50. The summed E-state index contributed by atoms with van der Waals surface area (Å²) < 4.78 is 11.1. The number of amides is 2. The van der Waals surface area contributed by atoms with Crippen LogP contribution in [-0.2, 0) is 16.0 Å². The summed E-state index contributed by atoms with van der Waals surface area (Å²) in [4.78, 5) is 25.2. The SMILES string of the molecule is CO[C@@H]1CC[C@H](C(=O)NCC2CC2)C[C@H]1NC(=O)c1ccc2c(c1)CCO2. The van der Waals surface area contributed by atoms with Gasteiger partial charge in [0, 0.05) is 31.6 Å². The molecule has 1 aliphatic heterocycles. The molecule has 6 heteroatoms. The van der Waals surface area contributed by atoms with Crippen LogP contribution in [0.3, 0.4) is 0 Å². The molecule has 1 heterocycles. The Bertz CT molecular complexity index is 716. The first kappa shape index (κ1) is 18.3. The van der Waals surface area contributed by atoms with Crippen LogP contribution in [0.15, 0.2) is 18.2 Å². The van der Waals surface area contributed by atoms with Crippen molar-refractivity contribution in [1.82, 2.24) is 10.6 Å². The van der Waals surface area contributed by atoms with Gasteiger partial charge in [-0.2, -0.15) is 0 Å². The third kappa shape index (κ3) is 4.26. The summed E-state index contributed by atoms with van der Waals surface area (Å²) in [5, 5.41) is 6.18. The Morgan fingerprint density at radius 3 is 2.85 bits per heavy atom. The lowest BCUT2D eigenvalue weighted by molar-refractivity contribution is -0.127. The average molecular weight is 372 g/mol. The summed E-state index contributed by atoms with van der Waals surface area (Å²) in [7, 11) is 1.67. The van der Waals surface area contributed by atoms with Crippen LogP contribution >= 0.6 is 0 Å². The van der Waals surface area contributed by atoms with Gasteiger partial charge in [-0.3, -0.25) is 9.59 Å². The van der Waals surface area contributed by atoms with Gasteiger partial charge in [0.1, 0.15) is 5.75 Å². The number of hydrogen-bond donors (Lipinski definition) is 2. The van der Waals surface area contributed by atoms with E-state index in [2.05, 4.69) is 10.6 Å². The molecule has 146 valence electrons. The minimum atomic E-state index is -0.155. The zero-order valence-corrected chi connectivity index (χ0v) is 15.8. The number of carbonyl (C=O) groups is 2. The number of rotatable bonds is 6. The highest BCUT2D eigenvalue weighted by Gasteiger charge is 2.35. The van der Waals surface area contributed by atoms with Crippen LogP contribution in [0.25, 0.3) is 0 Å². The Balaban J connectivity index is 1.38. The van der Waals surface area contributed by atoms with Gasteiger partial charge in [-0.25, -0.2) is 0 Å². The lowest BCUT2D eigenvalue weighted by Gasteiger charge is -2.35. The Hall–Kier alpha value is -2.08. The van der Waals surface area contributed by atoms with Gasteiger partial charge < -0.3 is 20.1 Å². The van der Waals surface area contributed by atoms with Crippen LogP contribution in [0.5, 0.6) is 5.75 Å². The molecule has 0 bridgehead atoms. The Morgan fingerprint density at radius 1 is 1.22 bits per heavy atom. The van der Waals surface area contributed by atoms with Crippen LogP contribution in [0.2, 0.25) is 0 Å². The molecule has 0 radical (unpaired) electrons. The molecule has 0 aromatic heterocycles. The molecule has 2 aliphatic carbocycles. The van der Waals surface area contributed by atoms with Crippen molar-refractivity contribution in [3.05, 3.63) is 29.3 Å². The summed E-state index contributed by atoms with van der Waals surface area (Å²) in [6, 6.07) is 5.41. The van der Waals surface area contributed by atoms with E-state index in [1.54, 1.807) is 13.2 Å². The van der Waals surface area contributed by atoms with E-state index in [0.29, 0.717) is 24.5 Å². The zero-order valence-electron chi connectivity index (χ0n) is 15.8. The molecule has 2 saturated carbocycles. The van der Waals surface area contributed by atoms with Crippen LogP contribution in [0.4, 0.5) is 0 Å². The van der Waals surface area contributed by atoms with E-state index < -0.39 is 0 Å². The predicted molar refractivity (Wildman–Crippen MR) is 101 cm³/mol. The summed E-state index contributed by atoms with van der Waals surface area (Å²) in [6.07, 6.45) is 5.43. The molecular formula is C21H28N2O4. The Labute approximate surface area is 160 Å². The van der Waals surface area contributed by atoms with Gasteiger partial charge in [-0.05, 0) is 61.8 Å². The molecule has 3 atom stereocenters. The highest BCUT2D eigenvalue weighted by atomic mass is 16.5.